The Morgan fingerprint density at radius 1 is 1.03 bits per heavy atom. The number of rotatable bonds is 5. The molecule has 2 amide bonds. The molecule has 2 aromatic carbocycles. The molecule has 8 nitrogen and oxygen atoms in total. The summed E-state index contributed by atoms with van der Waals surface area (Å²) in [7, 11) is 1.59. The molecule has 0 saturated carbocycles. The van der Waals surface area contributed by atoms with E-state index in [4.69, 9.17) is 12.2 Å². The Bertz CT molecular complexity index is 1440. The molecule has 0 bridgehead atoms. The van der Waals surface area contributed by atoms with Crippen LogP contribution >= 0.6 is 12.2 Å². The predicted molar refractivity (Wildman–Crippen MR) is 124 cm³/mol. The van der Waals surface area contributed by atoms with Crippen molar-refractivity contribution < 1.29 is 9.59 Å². The molecular formula is C23H19N5O3S. The molecule has 0 spiro atoms. The number of hydrogen-bond donors (Lipinski definition) is 3. The summed E-state index contributed by atoms with van der Waals surface area (Å²) in [6, 6.07) is 15.3. The third-order valence-corrected chi connectivity index (χ3v) is 5.32. The van der Waals surface area contributed by atoms with Gasteiger partial charge in [-0.05, 0) is 60.2 Å². The van der Waals surface area contributed by atoms with E-state index < -0.39 is 0 Å². The lowest BCUT2D eigenvalue weighted by Crippen LogP contribution is -2.23. The fourth-order valence-corrected chi connectivity index (χ4v) is 3.39. The molecule has 0 aliphatic rings. The van der Waals surface area contributed by atoms with Gasteiger partial charge in [-0.2, -0.15) is 0 Å². The van der Waals surface area contributed by atoms with Crippen LogP contribution in [-0.2, 0) is 13.6 Å². The molecule has 160 valence electrons. The number of nitrogens with one attached hydrogen (secondary N) is 3. The van der Waals surface area contributed by atoms with Gasteiger partial charge in [0, 0.05) is 42.8 Å². The first-order valence-electron chi connectivity index (χ1n) is 9.74. The smallest absolute Gasteiger partial charge is 0.261 e. The summed E-state index contributed by atoms with van der Waals surface area (Å²) in [6.07, 6.45) is 3.11. The van der Waals surface area contributed by atoms with Crippen molar-refractivity contribution >= 4 is 40.6 Å². The van der Waals surface area contributed by atoms with Crippen molar-refractivity contribution in [3.8, 4) is 0 Å². The largest absolute Gasteiger partial charge is 0.348 e. The number of hydrogen-bond acceptors (Lipinski definition) is 5. The van der Waals surface area contributed by atoms with Gasteiger partial charge in [-0.1, -0.05) is 12.1 Å². The first kappa shape index (κ1) is 21.1. The zero-order valence-electron chi connectivity index (χ0n) is 17.1. The molecule has 3 N–H and O–H groups in total. The van der Waals surface area contributed by atoms with Gasteiger partial charge in [0.25, 0.3) is 17.4 Å². The van der Waals surface area contributed by atoms with E-state index >= 15 is 0 Å². The normalized spacial score (nSPS) is 10.7. The molecule has 2 heterocycles. The maximum Gasteiger partial charge on any atom is 0.261 e. The van der Waals surface area contributed by atoms with E-state index in [0.717, 1.165) is 5.56 Å². The summed E-state index contributed by atoms with van der Waals surface area (Å²) < 4.78 is 1.63. The fraction of sp³-hybridized carbons (Fsp3) is 0.0870. The number of nitrogens with zero attached hydrogens (tertiary/aromatic N) is 2. The summed E-state index contributed by atoms with van der Waals surface area (Å²) in [6.45, 7) is 0.266. The van der Waals surface area contributed by atoms with Crippen molar-refractivity contribution in [3.63, 3.8) is 0 Å². The third kappa shape index (κ3) is 4.47. The third-order valence-electron chi connectivity index (χ3n) is 4.94. The first-order chi connectivity index (χ1) is 15.4. The van der Waals surface area contributed by atoms with E-state index in [9.17, 15) is 14.4 Å². The van der Waals surface area contributed by atoms with Crippen molar-refractivity contribution in [1.29, 1.82) is 0 Å². The van der Waals surface area contributed by atoms with Gasteiger partial charge in [0.1, 0.15) is 0 Å². The van der Waals surface area contributed by atoms with E-state index in [0.29, 0.717) is 27.7 Å². The Balaban J connectivity index is 1.46. The van der Waals surface area contributed by atoms with Crippen LogP contribution in [0, 0.1) is 4.77 Å². The van der Waals surface area contributed by atoms with E-state index in [1.165, 1.54) is 4.57 Å². The Morgan fingerprint density at radius 3 is 2.59 bits per heavy atom. The fourth-order valence-electron chi connectivity index (χ4n) is 3.20. The van der Waals surface area contributed by atoms with Crippen LogP contribution in [0.1, 0.15) is 26.3 Å². The van der Waals surface area contributed by atoms with Crippen LogP contribution in [0.4, 0.5) is 5.69 Å². The van der Waals surface area contributed by atoms with E-state index in [-0.39, 0.29) is 28.7 Å². The molecule has 9 heteroatoms. The quantitative estimate of drug-likeness (QED) is 0.409. The van der Waals surface area contributed by atoms with Crippen LogP contribution in [0.15, 0.2) is 71.8 Å². The lowest BCUT2D eigenvalue weighted by molar-refractivity contribution is 0.0950. The van der Waals surface area contributed by atoms with E-state index in [2.05, 4.69) is 20.6 Å². The molecule has 4 aromatic rings. The topological polar surface area (TPSA) is 109 Å². The van der Waals surface area contributed by atoms with Crippen molar-refractivity contribution in [3.05, 3.63) is 98.8 Å². The standard InChI is InChI=1S/C23H19N5O3S/c1-28-22(31)18-6-5-16(12-19(18)27-23(28)32)20(29)25-13-14-3-2-4-17(11-14)26-21(30)15-7-9-24-10-8-15/h2-12H,13H2,1H3,(H,25,29)(H,26,30)(H,27,32). The number of aromatic nitrogens is 3. The zero-order valence-corrected chi connectivity index (χ0v) is 17.9. The number of H-pyrrole nitrogens is 1. The molecule has 0 atom stereocenters. The second kappa shape index (κ2) is 8.94. The summed E-state index contributed by atoms with van der Waals surface area (Å²) in [4.78, 5) is 44.1. The van der Waals surface area contributed by atoms with Gasteiger partial charge in [0.15, 0.2) is 4.77 Å². The number of anilines is 1. The highest BCUT2D eigenvalue weighted by atomic mass is 32.1. The molecule has 0 radical (unpaired) electrons. The highest BCUT2D eigenvalue weighted by Gasteiger charge is 2.10. The highest BCUT2D eigenvalue weighted by molar-refractivity contribution is 7.71. The van der Waals surface area contributed by atoms with Gasteiger partial charge in [-0.15, -0.1) is 0 Å². The van der Waals surface area contributed by atoms with Gasteiger partial charge in [0.05, 0.1) is 10.9 Å². The minimum atomic E-state index is -0.293. The summed E-state index contributed by atoms with van der Waals surface area (Å²) >= 11 is 5.14. The highest BCUT2D eigenvalue weighted by Crippen LogP contribution is 2.14. The lowest BCUT2D eigenvalue weighted by atomic mass is 10.1. The number of carbonyl (C=O) groups is 2. The summed E-state index contributed by atoms with van der Waals surface area (Å²) in [5.74, 6) is -0.536. The van der Waals surface area contributed by atoms with E-state index in [1.807, 2.05) is 6.07 Å². The van der Waals surface area contributed by atoms with Crippen LogP contribution in [0.3, 0.4) is 0 Å². The molecule has 0 aliphatic heterocycles. The van der Waals surface area contributed by atoms with Crippen LogP contribution in [0.5, 0.6) is 0 Å². The van der Waals surface area contributed by atoms with Crippen molar-refractivity contribution in [2.24, 2.45) is 7.05 Å². The minimum Gasteiger partial charge on any atom is -0.348 e. The Labute approximate surface area is 187 Å². The number of amides is 2. The number of aromatic amines is 1. The monoisotopic (exact) mass is 445 g/mol. The molecule has 0 unspecified atom stereocenters. The van der Waals surface area contributed by atoms with Gasteiger partial charge >= 0.3 is 0 Å². The van der Waals surface area contributed by atoms with Crippen LogP contribution < -0.4 is 16.2 Å². The Kier molecular flexibility index (Phi) is 5.91. The van der Waals surface area contributed by atoms with Gasteiger partial charge in [-0.3, -0.25) is 23.9 Å². The molecule has 2 aromatic heterocycles. The van der Waals surface area contributed by atoms with Crippen molar-refractivity contribution in [2.45, 2.75) is 6.54 Å². The Hall–Kier alpha value is -4.11. The summed E-state index contributed by atoms with van der Waals surface area (Å²) in [5.41, 5.74) is 2.63. The van der Waals surface area contributed by atoms with Crippen LogP contribution in [0.25, 0.3) is 10.9 Å². The molecular weight excluding hydrogens is 426 g/mol. The average Bonchev–Trinajstić information content (AvgIpc) is 2.81. The van der Waals surface area contributed by atoms with Crippen LogP contribution in [-0.4, -0.2) is 26.3 Å². The maximum absolute atomic E-state index is 12.6. The number of benzene rings is 2. The maximum atomic E-state index is 12.6. The second-order valence-corrected chi connectivity index (χ2v) is 7.51. The van der Waals surface area contributed by atoms with Crippen molar-refractivity contribution in [1.82, 2.24) is 19.9 Å². The number of fused-ring (bicyclic) bond motifs is 1. The van der Waals surface area contributed by atoms with Crippen molar-refractivity contribution in [2.75, 3.05) is 5.32 Å². The second-order valence-electron chi connectivity index (χ2n) is 7.13. The molecule has 32 heavy (non-hydrogen) atoms. The van der Waals surface area contributed by atoms with Crippen LogP contribution in [0.2, 0.25) is 0 Å². The molecule has 0 fully saturated rings. The number of carbonyl (C=O) groups excluding carboxylic acids is 2. The lowest BCUT2D eigenvalue weighted by Gasteiger charge is -2.09. The molecule has 0 aliphatic carbocycles. The first-order valence-corrected chi connectivity index (χ1v) is 10.1. The SMILES string of the molecule is Cn1c(=S)[nH]c2cc(C(=O)NCc3cccc(NC(=O)c4ccncc4)c3)ccc2c1=O. The Morgan fingerprint density at radius 2 is 1.81 bits per heavy atom. The van der Waals surface area contributed by atoms with Gasteiger partial charge in [0.2, 0.25) is 0 Å². The molecule has 0 saturated heterocycles. The van der Waals surface area contributed by atoms with Gasteiger partial charge in [-0.25, -0.2) is 0 Å². The molecule has 4 rings (SSSR count). The van der Waals surface area contributed by atoms with Gasteiger partial charge < -0.3 is 15.6 Å². The average molecular weight is 446 g/mol. The van der Waals surface area contributed by atoms with E-state index in [1.54, 1.807) is 68.0 Å². The number of pyridine rings is 1. The minimum absolute atomic E-state index is 0.221. The predicted octanol–water partition coefficient (Wildman–Crippen LogP) is 3.17. The summed E-state index contributed by atoms with van der Waals surface area (Å²) in [5, 5.41) is 6.13. The zero-order chi connectivity index (χ0) is 22.7.